The van der Waals surface area contributed by atoms with Gasteiger partial charge in [0.15, 0.2) is 0 Å². The molecule has 0 radical (unpaired) electrons. The molecule has 1 N–H and O–H groups in total. The molecule has 1 saturated carbocycles. The van der Waals surface area contributed by atoms with Gasteiger partial charge in [0, 0.05) is 5.38 Å². The van der Waals surface area contributed by atoms with Gasteiger partial charge in [-0.15, -0.1) is 11.3 Å². The molecule has 2 rings (SSSR count). The highest BCUT2D eigenvalue weighted by molar-refractivity contribution is 7.07. The molecule has 0 amide bonds. The van der Waals surface area contributed by atoms with E-state index < -0.39 is 5.97 Å². The molecule has 0 bridgehead atoms. The van der Waals surface area contributed by atoms with Crippen LogP contribution in [0.1, 0.15) is 31.4 Å². The molecule has 0 atom stereocenters. The summed E-state index contributed by atoms with van der Waals surface area (Å²) in [4.78, 5) is 14.9. The van der Waals surface area contributed by atoms with Crippen molar-refractivity contribution < 1.29 is 14.6 Å². The summed E-state index contributed by atoms with van der Waals surface area (Å²) in [7, 11) is 0. The van der Waals surface area contributed by atoms with Gasteiger partial charge in [-0.2, -0.15) is 0 Å². The number of carboxylic acids is 1. The van der Waals surface area contributed by atoms with Crippen molar-refractivity contribution in [3.8, 4) is 0 Å². The number of rotatable bonds is 4. The van der Waals surface area contributed by atoms with Crippen molar-refractivity contribution >= 4 is 17.3 Å². The highest BCUT2D eigenvalue weighted by Gasteiger charge is 2.26. The lowest BCUT2D eigenvalue weighted by atomic mass is 9.87. The number of ether oxygens (including phenoxy) is 1. The molecule has 0 aromatic carbocycles. The number of aromatic nitrogens is 1. The van der Waals surface area contributed by atoms with Crippen molar-refractivity contribution in [2.45, 2.75) is 38.4 Å². The maximum absolute atomic E-state index is 10.8. The fraction of sp³-hybridized carbons (Fsp3) is 0.636. The minimum Gasteiger partial charge on any atom is -0.481 e. The maximum atomic E-state index is 10.8. The first-order chi connectivity index (χ1) is 7.75. The zero-order chi connectivity index (χ0) is 11.4. The Hall–Kier alpha value is -0.940. The van der Waals surface area contributed by atoms with Gasteiger partial charge in [-0.05, 0) is 25.7 Å². The molecule has 4 nitrogen and oxygen atoms in total. The molecule has 0 aliphatic heterocycles. The predicted molar refractivity (Wildman–Crippen MR) is 60.3 cm³/mol. The van der Waals surface area contributed by atoms with E-state index in [9.17, 15) is 4.79 Å². The van der Waals surface area contributed by atoms with Crippen LogP contribution in [0.5, 0.6) is 0 Å². The number of nitrogens with zero attached hydrogens (tertiary/aromatic N) is 1. The van der Waals surface area contributed by atoms with Crippen molar-refractivity contribution in [2.24, 2.45) is 5.92 Å². The molecule has 1 aliphatic carbocycles. The molecular weight excluding hydrogens is 226 g/mol. The lowest BCUT2D eigenvalue weighted by molar-refractivity contribution is -0.143. The van der Waals surface area contributed by atoms with Gasteiger partial charge >= 0.3 is 5.97 Å². The van der Waals surface area contributed by atoms with Gasteiger partial charge in [0.05, 0.1) is 29.8 Å². The molecule has 1 aromatic rings. The Bertz CT molecular complexity index is 331. The van der Waals surface area contributed by atoms with Gasteiger partial charge in [0.25, 0.3) is 0 Å². The Labute approximate surface area is 98.3 Å². The SMILES string of the molecule is O=C(O)C1CCC(OCc2cscn2)CC1. The molecule has 16 heavy (non-hydrogen) atoms. The number of hydrogen-bond acceptors (Lipinski definition) is 4. The van der Waals surface area contributed by atoms with Gasteiger partial charge in [-0.3, -0.25) is 4.79 Å². The zero-order valence-corrected chi connectivity index (χ0v) is 9.78. The van der Waals surface area contributed by atoms with E-state index in [2.05, 4.69) is 4.98 Å². The first-order valence-electron chi connectivity index (χ1n) is 5.47. The van der Waals surface area contributed by atoms with Crippen molar-refractivity contribution in [3.63, 3.8) is 0 Å². The summed E-state index contributed by atoms with van der Waals surface area (Å²) in [5, 5.41) is 10.8. The summed E-state index contributed by atoms with van der Waals surface area (Å²) >= 11 is 1.56. The monoisotopic (exact) mass is 241 g/mol. The Morgan fingerprint density at radius 1 is 1.50 bits per heavy atom. The number of aliphatic carboxylic acids is 1. The summed E-state index contributed by atoms with van der Waals surface area (Å²) in [6.45, 7) is 0.548. The van der Waals surface area contributed by atoms with E-state index in [1.807, 2.05) is 5.38 Å². The Balaban J connectivity index is 1.71. The van der Waals surface area contributed by atoms with Crippen molar-refractivity contribution in [1.29, 1.82) is 0 Å². The van der Waals surface area contributed by atoms with E-state index in [1.165, 1.54) is 0 Å². The largest absolute Gasteiger partial charge is 0.481 e. The van der Waals surface area contributed by atoms with Crippen molar-refractivity contribution in [1.82, 2.24) is 4.98 Å². The van der Waals surface area contributed by atoms with Crippen molar-refractivity contribution in [2.75, 3.05) is 0 Å². The summed E-state index contributed by atoms with van der Waals surface area (Å²) in [6.07, 6.45) is 3.37. The van der Waals surface area contributed by atoms with Crippen LogP contribution in [0.25, 0.3) is 0 Å². The van der Waals surface area contributed by atoms with E-state index in [0.29, 0.717) is 6.61 Å². The molecule has 0 saturated heterocycles. The minimum absolute atomic E-state index is 0.167. The average molecular weight is 241 g/mol. The summed E-state index contributed by atoms with van der Waals surface area (Å²) in [5.41, 5.74) is 2.75. The smallest absolute Gasteiger partial charge is 0.306 e. The zero-order valence-electron chi connectivity index (χ0n) is 8.96. The fourth-order valence-electron chi connectivity index (χ4n) is 1.99. The van der Waals surface area contributed by atoms with Crippen LogP contribution in [0.3, 0.4) is 0 Å². The van der Waals surface area contributed by atoms with E-state index in [-0.39, 0.29) is 12.0 Å². The lowest BCUT2D eigenvalue weighted by Crippen LogP contribution is -2.25. The standard InChI is InChI=1S/C11H15NO3S/c13-11(14)8-1-3-10(4-2-8)15-5-9-6-16-7-12-9/h6-8,10H,1-5H2,(H,13,14). The average Bonchev–Trinajstić information content (AvgIpc) is 2.80. The van der Waals surface area contributed by atoms with Crippen LogP contribution < -0.4 is 0 Å². The third kappa shape index (κ3) is 3.02. The van der Waals surface area contributed by atoms with Crippen LogP contribution in [0.15, 0.2) is 10.9 Å². The molecule has 5 heteroatoms. The first-order valence-corrected chi connectivity index (χ1v) is 6.41. The van der Waals surface area contributed by atoms with Gasteiger partial charge in [0.2, 0.25) is 0 Å². The molecule has 88 valence electrons. The second kappa shape index (κ2) is 5.41. The van der Waals surface area contributed by atoms with Gasteiger partial charge in [-0.25, -0.2) is 4.98 Å². The highest BCUT2D eigenvalue weighted by Crippen LogP contribution is 2.26. The van der Waals surface area contributed by atoms with E-state index in [0.717, 1.165) is 31.4 Å². The van der Waals surface area contributed by atoms with Crippen LogP contribution in [-0.4, -0.2) is 22.2 Å². The molecule has 0 unspecified atom stereocenters. The third-order valence-electron chi connectivity index (χ3n) is 2.97. The molecule has 0 spiro atoms. The maximum Gasteiger partial charge on any atom is 0.306 e. The van der Waals surface area contributed by atoms with Crippen LogP contribution in [-0.2, 0) is 16.1 Å². The van der Waals surface area contributed by atoms with Gasteiger partial charge in [-0.1, -0.05) is 0 Å². The van der Waals surface area contributed by atoms with Gasteiger partial charge in [0.1, 0.15) is 0 Å². The minimum atomic E-state index is -0.669. The van der Waals surface area contributed by atoms with Crippen molar-refractivity contribution in [3.05, 3.63) is 16.6 Å². The van der Waals surface area contributed by atoms with Crippen LogP contribution in [0.2, 0.25) is 0 Å². The third-order valence-corrected chi connectivity index (χ3v) is 3.61. The quantitative estimate of drug-likeness (QED) is 0.878. The lowest BCUT2D eigenvalue weighted by Gasteiger charge is -2.25. The molecular formula is C11H15NO3S. The molecule has 1 aromatic heterocycles. The first kappa shape index (κ1) is 11.5. The number of hydrogen-bond donors (Lipinski definition) is 1. The van der Waals surface area contributed by atoms with E-state index >= 15 is 0 Å². The fourth-order valence-corrected chi connectivity index (χ4v) is 2.53. The highest BCUT2D eigenvalue weighted by atomic mass is 32.1. The summed E-state index contributed by atoms with van der Waals surface area (Å²) < 4.78 is 5.71. The number of carboxylic acid groups (broad SMARTS) is 1. The topological polar surface area (TPSA) is 59.4 Å². The summed E-state index contributed by atoms with van der Waals surface area (Å²) in [5.74, 6) is -0.836. The second-order valence-electron chi connectivity index (χ2n) is 4.10. The van der Waals surface area contributed by atoms with Gasteiger partial charge < -0.3 is 9.84 Å². The Kier molecular flexibility index (Phi) is 3.90. The second-order valence-corrected chi connectivity index (χ2v) is 4.82. The van der Waals surface area contributed by atoms with Crippen LogP contribution in [0, 0.1) is 5.92 Å². The number of carbonyl (C=O) groups is 1. The predicted octanol–water partition coefficient (Wildman–Crippen LogP) is 2.30. The van der Waals surface area contributed by atoms with Crippen LogP contribution in [0.4, 0.5) is 0 Å². The number of thiazole rings is 1. The van der Waals surface area contributed by atoms with Crippen LogP contribution >= 0.6 is 11.3 Å². The normalized spacial score (nSPS) is 25.5. The molecule has 1 aliphatic rings. The summed E-state index contributed by atoms with van der Waals surface area (Å²) in [6, 6.07) is 0. The molecule has 1 fully saturated rings. The Morgan fingerprint density at radius 3 is 2.81 bits per heavy atom. The molecule has 1 heterocycles. The Morgan fingerprint density at radius 2 is 2.25 bits per heavy atom. The van der Waals surface area contributed by atoms with E-state index in [4.69, 9.17) is 9.84 Å². The van der Waals surface area contributed by atoms with E-state index in [1.54, 1.807) is 16.8 Å².